The molecule has 6 heteroatoms. The Hall–Kier alpha value is -3.93. The molecule has 0 radical (unpaired) electrons. The Balaban J connectivity index is 1.51. The molecule has 1 amide bonds. The number of nitrogens with one attached hydrogen (secondary N) is 2. The normalized spacial score (nSPS) is 11.1. The van der Waals surface area contributed by atoms with Gasteiger partial charge < -0.3 is 15.4 Å². The van der Waals surface area contributed by atoms with Crippen molar-refractivity contribution in [3.8, 4) is 17.1 Å². The van der Waals surface area contributed by atoms with E-state index < -0.39 is 0 Å². The molecule has 4 aromatic rings. The van der Waals surface area contributed by atoms with E-state index in [1.807, 2.05) is 44.2 Å². The van der Waals surface area contributed by atoms with Crippen LogP contribution in [0.4, 0.5) is 5.69 Å². The van der Waals surface area contributed by atoms with Crippen molar-refractivity contribution in [1.82, 2.24) is 9.97 Å². The second kappa shape index (κ2) is 8.44. The van der Waals surface area contributed by atoms with Crippen molar-refractivity contribution in [3.63, 3.8) is 0 Å². The molecule has 1 aromatic heterocycles. The molecule has 0 bridgehead atoms. The minimum atomic E-state index is -0.255. The zero-order valence-corrected chi connectivity index (χ0v) is 17.3. The first-order chi connectivity index (χ1) is 14.9. The molecule has 0 aliphatic heterocycles. The number of carbonyl (C=O) groups is 2. The van der Waals surface area contributed by atoms with Crippen molar-refractivity contribution in [1.29, 1.82) is 0 Å². The van der Waals surface area contributed by atoms with Gasteiger partial charge in [0.2, 0.25) is 0 Å². The number of benzene rings is 3. The van der Waals surface area contributed by atoms with E-state index in [0.29, 0.717) is 35.0 Å². The van der Waals surface area contributed by atoms with Crippen LogP contribution in [0.3, 0.4) is 0 Å². The molecule has 0 fully saturated rings. The number of aromatic amines is 1. The van der Waals surface area contributed by atoms with Crippen molar-refractivity contribution < 1.29 is 14.7 Å². The molecular weight excluding hydrogens is 390 g/mol. The lowest BCUT2D eigenvalue weighted by Gasteiger charge is -2.06. The molecule has 6 nitrogen and oxygen atoms in total. The van der Waals surface area contributed by atoms with Crippen molar-refractivity contribution in [3.05, 3.63) is 77.9 Å². The van der Waals surface area contributed by atoms with Crippen LogP contribution < -0.4 is 5.32 Å². The number of phenolic OH excluding ortho intramolecular Hbond substituents is 1. The fourth-order valence-electron chi connectivity index (χ4n) is 3.34. The van der Waals surface area contributed by atoms with Gasteiger partial charge in [-0.15, -0.1) is 0 Å². The maximum absolute atomic E-state index is 12.3. The Labute approximate surface area is 180 Å². The fraction of sp³-hybridized carbons (Fsp3) is 0.160. The van der Waals surface area contributed by atoms with Gasteiger partial charge in [0.05, 0.1) is 11.0 Å². The second-order valence-electron chi connectivity index (χ2n) is 7.92. The van der Waals surface area contributed by atoms with Crippen molar-refractivity contribution in [2.24, 2.45) is 5.92 Å². The van der Waals surface area contributed by atoms with Gasteiger partial charge in [-0.05, 0) is 72.6 Å². The summed E-state index contributed by atoms with van der Waals surface area (Å²) < 4.78 is 0. The van der Waals surface area contributed by atoms with Gasteiger partial charge in [0, 0.05) is 28.8 Å². The summed E-state index contributed by atoms with van der Waals surface area (Å²) in [7, 11) is 0. The average Bonchev–Trinajstić information content (AvgIpc) is 3.17. The van der Waals surface area contributed by atoms with Crippen LogP contribution in [0.25, 0.3) is 22.4 Å². The van der Waals surface area contributed by atoms with Crippen molar-refractivity contribution in [2.45, 2.75) is 20.3 Å². The minimum Gasteiger partial charge on any atom is -0.508 e. The standard InChI is InChI=1S/C25H23N3O3/c1-15(2)13-23(30)18-7-12-21-22(14-18)28-24(27-21)16-3-8-19(9-4-16)26-25(31)17-5-10-20(29)11-6-17/h3-12,14-15,29H,13H2,1-2H3,(H,26,31)(H,27,28). The van der Waals surface area contributed by atoms with E-state index in [-0.39, 0.29) is 17.4 Å². The molecule has 0 saturated heterocycles. The number of rotatable bonds is 6. The Kier molecular flexibility index (Phi) is 5.54. The predicted octanol–water partition coefficient (Wildman–Crippen LogP) is 5.42. The van der Waals surface area contributed by atoms with E-state index in [1.165, 1.54) is 12.1 Å². The van der Waals surface area contributed by atoms with Crippen LogP contribution in [-0.4, -0.2) is 26.8 Å². The molecule has 1 heterocycles. The highest BCUT2D eigenvalue weighted by atomic mass is 16.3. The summed E-state index contributed by atoms with van der Waals surface area (Å²) in [6.07, 6.45) is 0.518. The fourth-order valence-corrected chi connectivity index (χ4v) is 3.34. The van der Waals surface area contributed by atoms with Crippen molar-refractivity contribution >= 4 is 28.4 Å². The van der Waals surface area contributed by atoms with E-state index in [9.17, 15) is 14.7 Å². The maximum atomic E-state index is 12.3. The molecule has 0 aliphatic carbocycles. The SMILES string of the molecule is CC(C)CC(=O)c1ccc2nc(-c3ccc(NC(=O)c4ccc(O)cc4)cc3)[nH]c2c1. The van der Waals surface area contributed by atoms with E-state index in [2.05, 4.69) is 15.3 Å². The maximum Gasteiger partial charge on any atom is 0.255 e. The molecule has 4 rings (SSSR count). The number of aromatic hydroxyl groups is 1. The summed E-state index contributed by atoms with van der Waals surface area (Å²) in [6, 6.07) is 18.9. The quantitative estimate of drug-likeness (QED) is 0.368. The van der Waals surface area contributed by atoms with Gasteiger partial charge in [-0.2, -0.15) is 0 Å². The zero-order valence-electron chi connectivity index (χ0n) is 17.3. The first kappa shape index (κ1) is 20.3. The number of nitrogens with zero attached hydrogens (tertiary/aromatic N) is 1. The molecule has 0 saturated carbocycles. The third kappa shape index (κ3) is 4.64. The largest absolute Gasteiger partial charge is 0.508 e. The smallest absolute Gasteiger partial charge is 0.255 e. The molecule has 0 unspecified atom stereocenters. The van der Waals surface area contributed by atoms with Gasteiger partial charge in [-0.25, -0.2) is 4.98 Å². The molecule has 156 valence electrons. The van der Waals surface area contributed by atoms with E-state index in [4.69, 9.17) is 0 Å². The molecule has 3 N–H and O–H groups in total. The number of ketones is 1. The van der Waals surface area contributed by atoms with Crippen LogP contribution in [0.5, 0.6) is 5.75 Å². The molecular formula is C25H23N3O3. The molecule has 31 heavy (non-hydrogen) atoms. The molecule has 0 spiro atoms. The van der Waals surface area contributed by atoms with Crippen LogP contribution in [0, 0.1) is 5.92 Å². The zero-order chi connectivity index (χ0) is 22.0. The number of carbonyl (C=O) groups excluding carboxylic acids is 2. The number of hydrogen-bond acceptors (Lipinski definition) is 4. The van der Waals surface area contributed by atoms with E-state index in [0.717, 1.165) is 16.6 Å². The van der Waals surface area contributed by atoms with E-state index in [1.54, 1.807) is 24.3 Å². The third-order valence-electron chi connectivity index (χ3n) is 4.94. The summed E-state index contributed by atoms with van der Waals surface area (Å²) >= 11 is 0. The molecule has 0 aliphatic rings. The Morgan fingerprint density at radius 2 is 1.65 bits per heavy atom. The summed E-state index contributed by atoms with van der Waals surface area (Å²) in [5, 5.41) is 12.2. The van der Waals surface area contributed by atoms with Crippen LogP contribution in [0.15, 0.2) is 66.7 Å². The highest BCUT2D eigenvalue weighted by Crippen LogP contribution is 2.24. The number of hydrogen-bond donors (Lipinski definition) is 3. The third-order valence-corrected chi connectivity index (χ3v) is 4.94. The topological polar surface area (TPSA) is 95.1 Å². The second-order valence-corrected chi connectivity index (χ2v) is 7.92. The lowest BCUT2D eigenvalue weighted by atomic mass is 10.0. The highest BCUT2D eigenvalue weighted by molar-refractivity contribution is 6.04. The lowest BCUT2D eigenvalue weighted by molar-refractivity contribution is 0.0966. The first-order valence-corrected chi connectivity index (χ1v) is 10.1. The van der Waals surface area contributed by atoms with Crippen LogP contribution >= 0.6 is 0 Å². The van der Waals surface area contributed by atoms with Gasteiger partial charge >= 0.3 is 0 Å². The van der Waals surface area contributed by atoms with Gasteiger partial charge in [0.25, 0.3) is 5.91 Å². The van der Waals surface area contributed by atoms with Crippen LogP contribution in [-0.2, 0) is 0 Å². The summed E-state index contributed by atoms with van der Waals surface area (Å²) in [6.45, 7) is 4.06. The number of imidazole rings is 1. The van der Waals surface area contributed by atoms with Crippen LogP contribution in [0.2, 0.25) is 0 Å². The van der Waals surface area contributed by atoms with E-state index >= 15 is 0 Å². The predicted molar refractivity (Wildman–Crippen MR) is 121 cm³/mol. The Morgan fingerprint density at radius 1 is 0.968 bits per heavy atom. The van der Waals surface area contributed by atoms with Crippen LogP contribution in [0.1, 0.15) is 41.0 Å². The average molecular weight is 413 g/mol. The van der Waals surface area contributed by atoms with Gasteiger partial charge in [0.15, 0.2) is 5.78 Å². The number of H-pyrrole nitrogens is 1. The summed E-state index contributed by atoms with van der Waals surface area (Å²) in [4.78, 5) is 32.5. The number of Topliss-reactive ketones (excluding diaryl/α,β-unsaturated/α-hetero) is 1. The minimum absolute atomic E-state index is 0.114. The number of anilines is 1. The van der Waals surface area contributed by atoms with Gasteiger partial charge in [-0.3, -0.25) is 9.59 Å². The Morgan fingerprint density at radius 3 is 2.32 bits per heavy atom. The molecule has 3 aromatic carbocycles. The summed E-state index contributed by atoms with van der Waals surface area (Å²) in [5.41, 5.74) is 4.27. The summed E-state index contributed by atoms with van der Waals surface area (Å²) in [5.74, 6) is 0.994. The monoisotopic (exact) mass is 413 g/mol. The number of fused-ring (bicyclic) bond motifs is 1. The van der Waals surface area contributed by atoms with Crippen molar-refractivity contribution in [2.75, 3.05) is 5.32 Å². The Bertz CT molecular complexity index is 1240. The number of amides is 1. The lowest BCUT2D eigenvalue weighted by Crippen LogP contribution is -2.11. The number of aromatic nitrogens is 2. The van der Waals surface area contributed by atoms with Gasteiger partial charge in [0.1, 0.15) is 11.6 Å². The number of phenols is 1. The van der Waals surface area contributed by atoms with Gasteiger partial charge in [-0.1, -0.05) is 13.8 Å². The highest BCUT2D eigenvalue weighted by Gasteiger charge is 2.12. The molecule has 0 atom stereocenters. The first-order valence-electron chi connectivity index (χ1n) is 10.1.